The fourth-order valence-electron chi connectivity index (χ4n) is 2.29. The zero-order valence-corrected chi connectivity index (χ0v) is 12.2. The highest BCUT2D eigenvalue weighted by Gasteiger charge is 2.26. The molecule has 4 nitrogen and oxygen atoms in total. The highest BCUT2D eigenvalue weighted by atomic mass is 19.4. The summed E-state index contributed by atoms with van der Waals surface area (Å²) in [6, 6.07) is 5.98. The smallest absolute Gasteiger partial charge is 0.361 e. The third-order valence-corrected chi connectivity index (χ3v) is 3.34. The van der Waals surface area contributed by atoms with Crippen molar-refractivity contribution in [3.8, 4) is 0 Å². The lowest BCUT2D eigenvalue weighted by atomic mass is 10.1. The third-order valence-electron chi connectivity index (χ3n) is 3.34. The van der Waals surface area contributed by atoms with Crippen molar-refractivity contribution in [1.82, 2.24) is 15.6 Å². The van der Waals surface area contributed by atoms with Crippen LogP contribution in [0.4, 0.5) is 13.2 Å². The summed E-state index contributed by atoms with van der Waals surface area (Å²) in [6.07, 6.45) is -1.79. The van der Waals surface area contributed by atoms with Crippen LogP contribution in [0.25, 0.3) is 10.9 Å². The second-order valence-corrected chi connectivity index (χ2v) is 5.13. The van der Waals surface area contributed by atoms with E-state index >= 15 is 0 Å². The van der Waals surface area contributed by atoms with Gasteiger partial charge in [0, 0.05) is 23.6 Å². The number of H-pyrrole nitrogens is 1. The number of nitrogens with one attached hydrogen (secondary N) is 3. The van der Waals surface area contributed by atoms with Crippen LogP contribution in [0.5, 0.6) is 0 Å². The lowest BCUT2D eigenvalue weighted by Crippen LogP contribution is -2.38. The SMILES string of the molecule is Cc1cccc2c(CCNC(=O)CNCC(F)(F)F)c[nH]c12. The standard InChI is InChI=1S/C15H18F3N3O/c1-10-3-2-4-12-11(7-21-14(10)12)5-6-20-13(22)8-19-9-15(16,17)18/h2-4,7,19,21H,5-6,8-9H2,1H3,(H,20,22). The lowest BCUT2D eigenvalue weighted by molar-refractivity contribution is -0.128. The summed E-state index contributed by atoms with van der Waals surface area (Å²) in [4.78, 5) is 14.6. The van der Waals surface area contributed by atoms with Crippen LogP contribution in [-0.2, 0) is 11.2 Å². The lowest BCUT2D eigenvalue weighted by Gasteiger charge is -2.08. The van der Waals surface area contributed by atoms with Crippen molar-refractivity contribution in [2.24, 2.45) is 0 Å². The molecule has 2 aromatic rings. The molecule has 1 heterocycles. The van der Waals surface area contributed by atoms with Gasteiger partial charge in [0.05, 0.1) is 13.1 Å². The maximum atomic E-state index is 11.9. The van der Waals surface area contributed by atoms with E-state index in [0.29, 0.717) is 13.0 Å². The molecule has 0 aliphatic heterocycles. The predicted molar refractivity (Wildman–Crippen MR) is 78.7 cm³/mol. The van der Waals surface area contributed by atoms with Crippen molar-refractivity contribution in [2.45, 2.75) is 19.5 Å². The Balaban J connectivity index is 1.78. The van der Waals surface area contributed by atoms with Gasteiger partial charge in [0.15, 0.2) is 0 Å². The maximum Gasteiger partial charge on any atom is 0.401 e. The second kappa shape index (κ2) is 6.83. The van der Waals surface area contributed by atoms with Crippen LogP contribution in [0.3, 0.4) is 0 Å². The normalized spacial score (nSPS) is 11.8. The Morgan fingerprint density at radius 2 is 2.09 bits per heavy atom. The molecule has 1 amide bonds. The molecular formula is C15H18F3N3O. The number of aromatic amines is 1. The first-order valence-electron chi connectivity index (χ1n) is 6.96. The van der Waals surface area contributed by atoms with Gasteiger partial charge in [0.1, 0.15) is 0 Å². The van der Waals surface area contributed by atoms with Gasteiger partial charge in [0.25, 0.3) is 0 Å². The van der Waals surface area contributed by atoms with E-state index in [1.54, 1.807) is 0 Å². The van der Waals surface area contributed by atoms with Crippen molar-refractivity contribution < 1.29 is 18.0 Å². The summed E-state index contributed by atoms with van der Waals surface area (Å²) in [6.45, 7) is 0.888. The molecule has 0 radical (unpaired) electrons. The van der Waals surface area contributed by atoms with Gasteiger partial charge in [-0.15, -0.1) is 0 Å². The molecule has 1 aromatic heterocycles. The summed E-state index contributed by atoms with van der Waals surface area (Å²) in [5.74, 6) is -0.444. The number of benzene rings is 1. The van der Waals surface area contributed by atoms with Crippen LogP contribution in [-0.4, -0.2) is 36.7 Å². The van der Waals surface area contributed by atoms with Crippen LogP contribution in [0.1, 0.15) is 11.1 Å². The molecule has 0 bridgehead atoms. The van der Waals surface area contributed by atoms with Gasteiger partial charge < -0.3 is 15.6 Å². The summed E-state index contributed by atoms with van der Waals surface area (Å²) in [7, 11) is 0. The van der Waals surface area contributed by atoms with Crippen molar-refractivity contribution >= 4 is 16.8 Å². The van der Waals surface area contributed by atoms with E-state index in [9.17, 15) is 18.0 Å². The van der Waals surface area contributed by atoms with Gasteiger partial charge in [-0.25, -0.2) is 0 Å². The minimum atomic E-state index is -4.30. The predicted octanol–water partition coefficient (Wildman–Crippen LogP) is 2.29. The Labute approximate surface area is 126 Å². The molecule has 22 heavy (non-hydrogen) atoms. The van der Waals surface area contributed by atoms with E-state index < -0.39 is 18.6 Å². The zero-order valence-electron chi connectivity index (χ0n) is 12.2. The molecule has 3 N–H and O–H groups in total. The number of aryl methyl sites for hydroxylation is 1. The number of aromatic nitrogens is 1. The van der Waals surface area contributed by atoms with Gasteiger partial charge in [-0.2, -0.15) is 13.2 Å². The van der Waals surface area contributed by atoms with Gasteiger partial charge in [0.2, 0.25) is 5.91 Å². The number of hydrogen-bond donors (Lipinski definition) is 3. The molecule has 0 saturated carbocycles. The number of carbonyl (C=O) groups excluding carboxylic acids is 1. The fourth-order valence-corrected chi connectivity index (χ4v) is 2.29. The number of fused-ring (bicyclic) bond motifs is 1. The Morgan fingerprint density at radius 1 is 1.32 bits per heavy atom. The van der Waals surface area contributed by atoms with Crippen molar-refractivity contribution in [1.29, 1.82) is 0 Å². The number of rotatable bonds is 6. The fraction of sp³-hybridized carbons (Fsp3) is 0.400. The number of alkyl halides is 3. The number of amides is 1. The zero-order chi connectivity index (χ0) is 16.2. The molecule has 1 aromatic carbocycles. The van der Waals surface area contributed by atoms with E-state index in [2.05, 4.69) is 15.6 Å². The maximum absolute atomic E-state index is 11.9. The van der Waals surface area contributed by atoms with Gasteiger partial charge >= 0.3 is 6.18 Å². The molecule has 0 spiro atoms. The average molecular weight is 313 g/mol. The summed E-state index contributed by atoms with van der Waals surface area (Å²) < 4.78 is 35.8. The first kappa shape index (κ1) is 16.4. The number of para-hydroxylation sites is 1. The van der Waals surface area contributed by atoms with E-state index in [0.717, 1.165) is 22.0 Å². The second-order valence-electron chi connectivity index (χ2n) is 5.13. The topological polar surface area (TPSA) is 56.9 Å². The van der Waals surface area contributed by atoms with Crippen LogP contribution >= 0.6 is 0 Å². The highest BCUT2D eigenvalue weighted by Crippen LogP contribution is 2.21. The third kappa shape index (κ3) is 4.49. The Kier molecular flexibility index (Phi) is 5.07. The van der Waals surface area contributed by atoms with Crippen LogP contribution < -0.4 is 10.6 Å². The van der Waals surface area contributed by atoms with Crippen molar-refractivity contribution in [3.05, 3.63) is 35.5 Å². The number of hydrogen-bond acceptors (Lipinski definition) is 2. The van der Waals surface area contributed by atoms with Crippen LogP contribution in [0.2, 0.25) is 0 Å². The molecule has 0 saturated heterocycles. The molecule has 0 atom stereocenters. The summed E-state index contributed by atoms with van der Waals surface area (Å²) in [5, 5.41) is 5.77. The monoisotopic (exact) mass is 313 g/mol. The van der Waals surface area contributed by atoms with Crippen molar-refractivity contribution in [3.63, 3.8) is 0 Å². The highest BCUT2D eigenvalue weighted by molar-refractivity contribution is 5.86. The molecule has 120 valence electrons. The van der Waals surface area contributed by atoms with E-state index in [1.165, 1.54) is 0 Å². The minimum absolute atomic E-state index is 0.341. The molecule has 7 heteroatoms. The van der Waals surface area contributed by atoms with Crippen molar-refractivity contribution in [2.75, 3.05) is 19.6 Å². The number of carbonyl (C=O) groups is 1. The summed E-state index contributed by atoms with van der Waals surface area (Å²) >= 11 is 0. The molecular weight excluding hydrogens is 295 g/mol. The Morgan fingerprint density at radius 3 is 2.82 bits per heavy atom. The molecule has 0 aliphatic carbocycles. The van der Waals surface area contributed by atoms with Crippen LogP contribution in [0, 0.1) is 6.92 Å². The van der Waals surface area contributed by atoms with Gasteiger partial charge in [-0.05, 0) is 24.5 Å². The Bertz CT molecular complexity index is 649. The summed E-state index contributed by atoms with van der Waals surface area (Å²) in [5.41, 5.74) is 3.28. The molecule has 2 rings (SSSR count). The van der Waals surface area contributed by atoms with E-state index in [-0.39, 0.29) is 6.54 Å². The average Bonchev–Trinajstić information content (AvgIpc) is 2.82. The Hall–Kier alpha value is -2.02. The molecule has 0 unspecified atom stereocenters. The first-order valence-corrected chi connectivity index (χ1v) is 6.96. The van der Waals surface area contributed by atoms with Gasteiger partial charge in [-0.1, -0.05) is 18.2 Å². The molecule has 0 fully saturated rings. The van der Waals surface area contributed by atoms with Crippen LogP contribution in [0.15, 0.2) is 24.4 Å². The van der Waals surface area contributed by atoms with E-state index in [1.807, 2.05) is 31.3 Å². The largest absolute Gasteiger partial charge is 0.401 e. The van der Waals surface area contributed by atoms with E-state index in [4.69, 9.17) is 0 Å². The first-order chi connectivity index (χ1) is 10.4. The quantitative estimate of drug-likeness (QED) is 0.766. The van der Waals surface area contributed by atoms with Gasteiger partial charge in [-0.3, -0.25) is 4.79 Å². The molecule has 0 aliphatic rings. The minimum Gasteiger partial charge on any atom is -0.361 e. The number of halogens is 3.